The first-order valence-electron chi connectivity index (χ1n) is 7.63. The first-order chi connectivity index (χ1) is 9.35. The molecule has 0 saturated heterocycles. The van der Waals surface area contributed by atoms with Crippen LogP contribution in [0.1, 0.15) is 61.8 Å². The van der Waals surface area contributed by atoms with Crippen LogP contribution in [0.3, 0.4) is 0 Å². The van der Waals surface area contributed by atoms with Gasteiger partial charge in [-0.3, -0.25) is 0 Å². The van der Waals surface area contributed by atoms with Gasteiger partial charge in [-0.15, -0.1) is 12.3 Å². The molecule has 0 radical (unpaired) electrons. The van der Waals surface area contributed by atoms with Crippen molar-refractivity contribution >= 4 is 0 Å². The Hall–Kier alpha value is -1.26. The number of fused-ring (bicyclic) bond motifs is 1. The molecule has 0 saturated carbocycles. The Morgan fingerprint density at radius 3 is 2.95 bits per heavy atom. The summed E-state index contributed by atoms with van der Waals surface area (Å²) < 4.78 is 0. The number of hydrogen-bond acceptors (Lipinski definition) is 1. The molecule has 0 heterocycles. The van der Waals surface area contributed by atoms with Crippen molar-refractivity contribution in [2.24, 2.45) is 0 Å². The molecule has 1 nitrogen and oxygen atoms in total. The lowest BCUT2D eigenvalue weighted by atomic mass is 9.97. The molecule has 1 heteroatoms. The summed E-state index contributed by atoms with van der Waals surface area (Å²) in [7, 11) is 0. The molecule has 0 aromatic heterocycles. The fourth-order valence-electron chi connectivity index (χ4n) is 2.92. The third kappa shape index (κ3) is 3.85. The van der Waals surface area contributed by atoms with Gasteiger partial charge >= 0.3 is 0 Å². The summed E-state index contributed by atoms with van der Waals surface area (Å²) in [6, 6.07) is 7.54. The summed E-state index contributed by atoms with van der Waals surface area (Å²) >= 11 is 0. The average molecular weight is 255 g/mol. The van der Waals surface area contributed by atoms with E-state index in [9.17, 15) is 0 Å². The molecule has 2 rings (SSSR count). The van der Waals surface area contributed by atoms with Crippen molar-refractivity contribution in [3.8, 4) is 12.3 Å². The van der Waals surface area contributed by atoms with Gasteiger partial charge < -0.3 is 5.32 Å². The maximum absolute atomic E-state index is 5.36. The molecule has 0 spiro atoms. The van der Waals surface area contributed by atoms with Crippen LogP contribution in [0.2, 0.25) is 0 Å². The number of hydrogen-bond donors (Lipinski definition) is 1. The first kappa shape index (κ1) is 14.2. The zero-order valence-corrected chi connectivity index (χ0v) is 12.0. The van der Waals surface area contributed by atoms with Gasteiger partial charge in [-0.1, -0.05) is 25.1 Å². The first-order valence-corrected chi connectivity index (χ1v) is 7.63. The van der Waals surface area contributed by atoms with E-state index in [1.807, 2.05) is 0 Å². The number of aryl methyl sites for hydroxylation is 2. The third-order valence-electron chi connectivity index (χ3n) is 3.98. The molecule has 0 amide bonds. The summed E-state index contributed by atoms with van der Waals surface area (Å²) in [6.45, 7) is 3.30. The number of unbranched alkanes of at least 4 members (excludes halogenated alkanes) is 1. The molecule has 19 heavy (non-hydrogen) atoms. The second-order valence-corrected chi connectivity index (χ2v) is 5.48. The van der Waals surface area contributed by atoms with Crippen LogP contribution in [-0.2, 0) is 12.8 Å². The highest BCUT2D eigenvalue weighted by Crippen LogP contribution is 2.27. The average Bonchev–Trinajstić information content (AvgIpc) is 2.90. The van der Waals surface area contributed by atoms with Crippen molar-refractivity contribution in [1.82, 2.24) is 5.32 Å². The molecular formula is C18H25N. The number of nitrogens with one attached hydrogen (secondary N) is 1. The van der Waals surface area contributed by atoms with Crippen LogP contribution in [-0.4, -0.2) is 6.54 Å². The molecule has 102 valence electrons. The molecule has 0 bridgehead atoms. The second kappa shape index (κ2) is 7.36. The Bertz CT molecular complexity index is 441. The van der Waals surface area contributed by atoms with Gasteiger partial charge in [-0.05, 0) is 61.8 Å². The minimum Gasteiger partial charge on any atom is -0.310 e. The SMILES string of the molecule is C#CCCCC(NCCC)c1ccc2c(c1)CCC2. The Balaban J connectivity index is 2.05. The van der Waals surface area contributed by atoms with E-state index in [0.717, 1.165) is 25.8 Å². The smallest absolute Gasteiger partial charge is 0.0320 e. The maximum atomic E-state index is 5.36. The predicted octanol–water partition coefficient (Wildman–Crippen LogP) is 4.02. The number of benzene rings is 1. The molecule has 1 aliphatic carbocycles. The summed E-state index contributed by atoms with van der Waals surface area (Å²) in [5.41, 5.74) is 4.57. The lowest BCUT2D eigenvalue weighted by Crippen LogP contribution is -2.22. The molecule has 1 aliphatic rings. The van der Waals surface area contributed by atoms with Crippen LogP contribution in [0.4, 0.5) is 0 Å². The lowest BCUT2D eigenvalue weighted by Gasteiger charge is -2.19. The van der Waals surface area contributed by atoms with Gasteiger partial charge in [0.1, 0.15) is 0 Å². The Labute approximate surface area is 117 Å². The number of terminal acetylenes is 1. The Kier molecular flexibility index (Phi) is 5.48. The van der Waals surface area contributed by atoms with Crippen molar-refractivity contribution in [3.63, 3.8) is 0 Å². The highest BCUT2D eigenvalue weighted by Gasteiger charge is 2.15. The van der Waals surface area contributed by atoms with E-state index in [-0.39, 0.29) is 0 Å². The molecule has 1 aromatic rings. The van der Waals surface area contributed by atoms with Crippen LogP contribution in [0.5, 0.6) is 0 Å². The van der Waals surface area contributed by atoms with E-state index in [0.29, 0.717) is 6.04 Å². The van der Waals surface area contributed by atoms with Crippen LogP contribution >= 0.6 is 0 Å². The summed E-state index contributed by atoms with van der Waals surface area (Å²) in [4.78, 5) is 0. The zero-order chi connectivity index (χ0) is 13.5. The third-order valence-corrected chi connectivity index (χ3v) is 3.98. The van der Waals surface area contributed by atoms with Gasteiger partial charge in [-0.2, -0.15) is 0 Å². The van der Waals surface area contributed by atoms with Gasteiger partial charge in [0.15, 0.2) is 0 Å². The largest absolute Gasteiger partial charge is 0.310 e. The van der Waals surface area contributed by atoms with Crippen molar-refractivity contribution in [2.75, 3.05) is 6.54 Å². The van der Waals surface area contributed by atoms with Crippen molar-refractivity contribution in [3.05, 3.63) is 34.9 Å². The molecule has 1 N–H and O–H groups in total. The fourth-order valence-corrected chi connectivity index (χ4v) is 2.92. The topological polar surface area (TPSA) is 12.0 Å². The van der Waals surface area contributed by atoms with Crippen molar-refractivity contribution < 1.29 is 0 Å². The second-order valence-electron chi connectivity index (χ2n) is 5.48. The van der Waals surface area contributed by atoms with E-state index in [1.54, 1.807) is 11.1 Å². The van der Waals surface area contributed by atoms with Gasteiger partial charge in [-0.25, -0.2) is 0 Å². The van der Waals surface area contributed by atoms with E-state index in [2.05, 4.69) is 36.4 Å². The van der Waals surface area contributed by atoms with Crippen molar-refractivity contribution in [1.29, 1.82) is 0 Å². The van der Waals surface area contributed by atoms with Crippen LogP contribution < -0.4 is 5.32 Å². The van der Waals surface area contributed by atoms with Crippen molar-refractivity contribution in [2.45, 2.75) is 57.9 Å². The van der Waals surface area contributed by atoms with Gasteiger partial charge in [0, 0.05) is 12.5 Å². The maximum Gasteiger partial charge on any atom is 0.0320 e. The van der Waals surface area contributed by atoms with Crippen LogP contribution in [0.25, 0.3) is 0 Å². The molecule has 1 aromatic carbocycles. The molecule has 0 aliphatic heterocycles. The highest BCUT2D eigenvalue weighted by atomic mass is 14.9. The van der Waals surface area contributed by atoms with E-state index in [4.69, 9.17) is 6.42 Å². The highest BCUT2D eigenvalue weighted by molar-refractivity contribution is 5.36. The van der Waals surface area contributed by atoms with Crippen LogP contribution in [0.15, 0.2) is 18.2 Å². The predicted molar refractivity (Wildman–Crippen MR) is 82.2 cm³/mol. The van der Waals surface area contributed by atoms with Gasteiger partial charge in [0.05, 0.1) is 0 Å². The number of rotatable bonds is 7. The van der Waals surface area contributed by atoms with Gasteiger partial charge in [0.2, 0.25) is 0 Å². The van der Waals surface area contributed by atoms with E-state index < -0.39 is 0 Å². The molecule has 1 unspecified atom stereocenters. The summed E-state index contributed by atoms with van der Waals surface area (Å²) in [6.07, 6.45) is 13.5. The molecule has 1 atom stereocenters. The Morgan fingerprint density at radius 1 is 1.32 bits per heavy atom. The normalized spacial score (nSPS) is 14.9. The quantitative estimate of drug-likeness (QED) is 0.573. The van der Waals surface area contributed by atoms with E-state index in [1.165, 1.54) is 31.2 Å². The minimum atomic E-state index is 0.471. The fraction of sp³-hybridized carbons (Fsp3) is 0.556. The monoisotopic (exact) mass is 255 g/mol. The van der Waals surface area contributed by atoms with Crippen LogP contribution in [0, 0.1) is 12.3 Å². The Morgan fingerprint density at radius 2 is 2.16 bits per heavy atom. The molecular weight excluding hydrogens is 230 g/mol. The lowest BCUT2D eigenvalue weighted by molar-refractivity contribution is 0.487. The standard InChI is InChI=1S/C18H25N/c1-3-5-6-10-18(19-13-4-2)17-12-11-15-8-7-9-16(15)14-17/h1,11-12,14,18-19H,4-10,13H2,2H3. The van der Waals surface area contributed by atoms with Gasteiger partial charge in [0.25, 0.3) is 0 Å². The zero-order valence-electron chi connectivity index (χ0n) is 12.0. The minimum absolute atomic E-state index is 0.471. The summed E-state index contributed by atoms with van der Waals surface area (Å²) in [5.74, 6) is 2.74. The molecule has 0 fully saturated rings. The van der Waals surface area contributed by atoms with E-state index >= 15 is 0 Å². The summed E-state index contributed by atoms with van der Waals surface area (Å²) in [5, 5.41) is 3.67.